The van der Waals surface area contributed by atoms with E-state index < -0.39 is 14.9 Å². The summed E-state index contributed by atoms with van der Waals surface area (Å²) in [6.45, 7) is 1.63. The number of aryl methyl sites for hydroxylation is 1. The lowest BCUT2D eigenvalue weighted by atomic mass is 10.2. The van der Waals surface area contributed by atoms with Crippen LogP contribution in [0.15, 0.2) is 47.4 Å². The Morgan fingerprint density at radius 3 is 2.59 bits per heavy atom. The molecule has 0 heterocycles. The highest BCUT2D eigenvalue weighted by Gasteiger charge is 2.20. The summed E-state index contributed by atoms with van der Waals surface area (Å²) >= 11 is 5.84. The molecule has 22 heavy (non-hydrogen) atoms. The van der Waals surface area contributed by atoms with Gasteiger partial charge in [-0.25, -0.2) is 13.1 Å². The Labute approximate surface area is 132 Å². The highest BCUT2D eigenvalue weighted by Crippen LogP contribution is 2.22. The first-order valence-corrected chi connectivity index (χ1v) is 8.15. The smallest absolute Gasteiger partial charge is 0.258 e. The fourth-order valence-electron chi connectivity index (χ4n) is 1.89. The van der Waals surface area contributed by atoms with Crippen LogP contribution in [0.1, 0.15) is 11.1 Å². The van der Waals surface area contributed by atoms with E-state index in [0.29, 0.717) is 16.1 Å². The molecule has 0 amide bonds. The second-order valence-electron chi connectivity index (χ2n) is 4.66. The van der Waals surface area contributed by atoms with E-state index in [-0.39, 0.29) is 17.1 Å². The summed E-state index contributed by atoms with van der Waals surface area (Å²) in [7, 11) is -3.86. The summed E-state index contributed by atoms with van der Waals surface area (Å²) in [4.78, 5) is 10.0. The van der Waals surface area contributed by atoms with E-state index in [2.05, 4.69) is 4.72 Å². The third-order valence-electron chi connectivity index (χ3n) is 3.03. The molecule has 0 spiro atoms. The van der Waals surface area contributed by atoms with Crippen molar-refractivity contribution < 1.29 is 13.3 Å². The van der Waals surface area contributed by atoms with Crippen LogP contribution in [0.5, 0.6) is 0 Å². The van der Waals surface area contributed by atoms with Crippen LogP contribution in [0.4, 0.5) is 5.69 Å². The van der Waals surface area contributed by atoms with E-state index in [1.54, 1.807) is 31.2 Å². The topological polar surface area (TPSA) is 89.3 Å². The zero-order valence-electron chi connectivity index (χ0n) is 11.6. The number of hydrogen-bond donors (Lipinski definition) is 1. The second-order valence-corrected chi connectivity index (χ2v) is 6.83. The molecule has 6 nitrogen and oxygen atoms in total. The molecule has 0 saturated carbocycles. The largest absolute Gasteiger partial charge is 0.270 e. The Morgan fingerprint density at radius 2 is 1.95 bits per heavy atom. The number of nitro groups is 1. The van der Waals surface area contributed by atoms with Gasteiger partial charge in [0.15, 0.2) is 0 Å². The fourth-order valence-corrected chi connectivity index (χ4v) is 3.39. The Balaban J connectivity index is 2.27. The average Bonchev–Trinajstić information content (AvgIpc) is 2.45. The van der Waals surface area contributed by atoms with Gasteiger partial charge in [-0.15, -0.1) is 0 Å². The van der Waals surface area contributed by atoms with Crippen molar-refractivity contribution >= 4 is 27.3 Å². The van der Waals surface area contributed by atoms with Crippen LogP contribution in [0, 0.1) is 17.0 Å². The Kier molecular flexibility index (Phi) is 4.80. The molecule has 0 aromatic heterocycles. The minimum absolute atomic E-state index is 0.0467. The van der Waals surface area contributed by atoms with Crippen LogP contribution in [0.2, 0.25) is 5.02 Å². The van der Waals surface area contributed by atoms with E-state index in [1.165, 1.54) is 12.1 Å². The zero-order chi connectivity index (χ0) is 16.3. The molecule has 1 N–H and O–H groups in total. The third kappa shape index (κ3) is 3.82. The summed E-state index contributed by atoms with van der Waals surface area (Å²) < 4.78 is 27.1. The SMILES string of the molecule is Cc1ccc([N+](=O)[O-])cc1S(=O)(=O)NCc1cccc(Cl)c1. The summed E-state index contributed by atoms with van der Waals surface area (Å²) in [5.41, 5.74) is 0.858. The first kappa shape index (κ1) is 16.4. The Morgan fingerprint density at radius 1 is 1.23 bits per heavy atom. The number of halogens is 1. The Bertz CT molecular complexity index is 821. The molecule has 0 atom stereocenters. The Hall–Kier alpha value is -1.96. The van der Waals surface area contributed by atoms with Gasteiger partial charge in [0.05, 0.1) is 9.82 Å². The van der Waals surface area contributed by atoms with E-state index in [9.17, 15) is 18.5 Å². The van der Waals surface area contributed by atoms with Gasteiger partial charge in [0, 0.05) is 23.7 Å². The number of hydrogen-bond acceptors (Lipinski definition) is 4. The van der Waals surface area contributed by atoms with E-state index >= 15 is 0 Å². The first-order valence-electron chi connectivity index (χ1n) is 6.29. The minimum Gasteiger partial charge on any atom is -0.258 e. The number of nitro benzene ring substituents is 1. The molecule has 116 valence electrons. The van der Waals surface area contributed by atoms with Crippen molar-refractivity contribution in [1.82, 2.24) is 4.72 Å². The molecule has 0 fully saturated rings. The molecule has 2 aromatic carbocycles. The number of nitrogens with one attached hydrogen (secondary N) is 1. The molecule has 0 unspecified atom stereocenters. The van der Waals surface area contributed by atoms with Gasteiger partial charge in [-0.1, -0.05) is 29.8 Å². The predicted octanol–water partition coefficient (Wildman–Crippen LogP) is 3.04. The molecule has 2 rings (SSSR count). The second kappa shape index (κ2) is 6.43. The van der Waals surface area contributed by atoms with Crippen molar-refractivity contribution in [3.05, 3.63) is 68.7 Å². The van der Waals surface area contributed by atoms with Crippen molar-refractivity contribution in [2.45, 2.75) is 18.4 Å². The monoisotopic (exact) mass is 340 g/mol. The van der Waals surface area contributed by atoms with Crippen LogP contribution >= 0.6 is 11.6 Å². The maximum atomic E-state index is 12.3. The third-order valence-corrected chi connectivity index (χ3v) is 4.81. The number of nitrogens with zero attached hydrogens (tertiary/aromatic N) is 1. The first-order chi connectivity index (χ1) is 10.3. The van der Waals surface area contributed by atoms with Crippen LogP contribution in [0.25, 0.3) is 0 Å². The molecule has 0 aliphatic carbocycles. The molecule has 0 radical (unpaired) electrons. The average molecular weight is 341 g/mol. The van der Waals surface area contributed by atoms with Crippen LogP contribution in [-0.2, 0) is 16.6 Å². The lowest BCUT2D eigenvalue weighted by Gasteiger charge is -2.09. The summed E-state index contributed by atoms with van der Waals surface area (Å²) in [6.07, 6.45) is 0. The quantitative estimate of drug-likeness (QED) is 0.669. The van der Waals surface area contributed by atoms with Gasteiger partial charge in [-0.3, -0.25) is 10.1 Å². The van der Waals surface area contributed by atoms with Crippen molar-refractivity contribution in [2.24, 2.45) is 0 Å². The van der Waals surface area contributed by atoms with Crippen molar-refractivity contribution in [3.63, 3.8) is 0 Å². The normalized spacial score (nSPS) is 11.4. The van der Waals surface area contributed by atoms with E-state index in [1.807, 2.05) is 0 Å². The van der Waals surface area contributed by atoms with Gasteiger partial charge < -0.3 is 0 Å². The molecular weight excluding hydrogens is 328 g/mol. The number of rotatable bonds is 5. The van der Waals surface area contributed by atoms with Gasteiger partial charge in [0.25, 0.3) is 5.69 Å². The zero-order valence-corrected chi connectivity index (χ0v) is 13.2. The predicted molar refractivity (Wildman–Crippen MR) is 83.3 cm³/mol. The van der Waals surface area contributed by atoms with E-state index in [0.717, 1.165) is 6.07 Å². The summed E-state index contributed by atoms with van der Waals surface area (Å²) in [5.74, 6) is 0. The lowest BCUT2D eigenvalue weighted by molar-refractivity contribution is -0.385. The van der Waals surface area contributed by atoms with Gasteiger partial charge in [-0.05, 0) is 30.2 Å². The number of non-ortho nitro benzene ring substituents is 1. The standard InChI is InChI=1S/C14H13ClN2O4S/c1-10-5-6-13(17(18)19)8-14(10)22(20,21)16-9-11-3-2-4-12(15)7-11/h2-8,16H,9H2,1H3. The minimum atomic E-state index is -3.86. The summed E-state index contributed by atoms with van der Waals surface area (Å²) in [5, 5.41) is 11.3. The molecular formula is C14H13ClN2O4S. The van der Waals surface area contributed by atoms with Crippen molar-refractivity contribution in [1.29, 1.82) is 0 Å². The number of benzene rings is 2. The molecule has 0 bridgehead atoms. The molecule has 0 aliphatic rings. The van der Waals surface area contributed by atoms with Crippen molar-refractivity contribution in [2.75, 3.05) is 0 Å². The van der Waals surface area contributed by atoms with Gasteiger partial charge in [0.1, 0.15) is 0 Å². The van der Waals surface area contributed by atoms with Crippen molar-refractivity contribution in [3.8, 4) is 0 Å². The molecule has 0 aliphatic heterocycles. The molecule has 0 saturated heterocycles. The fraction of sp³-hybridized carbons (Fsp3) is 0.143. The number of sulfonamides is 1. The maximum Gasteiger partial charge on any atom is 0.270 e. The molecule has 2 aromatic rings. The van der Waals surface area contributed by atoms with Crippen LogP contribution in [-0.4, -0.2) is 13.3 Å². The highest BCUT2D eigenvalue weighted by molar-refractivity contribution is 7.89. The van der Waals surface area contributed by atoms with Crippen LogP contribution < -0.4 is 4.72 Å². The van der Waals surface area contributed by atoms with E-state index in [4.69, 9.17) is 11.6 Å². The van der Waals surface area contributed by atoms with Crippen LogP contribution in [0.3, 0.4) is 0 Å². The maximum absolute atomic E-state index is 12.3. The van der Waals surface area contributed by atoms with Gasteiger partial charge >= 0.3 is 0 Å². The summed E-state index contributed by atoms with van der Waals surface area (Å²) in [6, 6.07) is 10.5. The van der Waals surface area contributed by atoms with Gasteiger partial charge in [0.2, 0.25) is 10.0 Å². The lowest BCUT2D eigenvalue weighted by Crippen LogP contribution is -2.24. The highest BCUT2D eigenvalue weighted by atomic mass is 35.5. The van der Waals surface area contributed by atoms with Gasteiger partial charge in [-0.2, -0.15) is 0 Å². The molecule has 8 heteroatoms.